The molecule has 0 saturated carbocycles. The minimum absolute atomic E-state index is 0.135. The molecule has 2 aromatic rings. The van der Waals surface area contributed by atoms with E-state index in [0.29, 0.717) is 19.4 Å². The van der Waals surface area contributed by atoms with Gasteiger partial charge in [-0.15, -0.1) is 0 Å². The molecular formula is C17H18N4O3. The van der Waals surface area contributed by atoms with Crippen LogP contribution in [-0.2, 0) is 17.6 Å². The summed E-state index contributed by atoms with van der Waals surface area (Å²) < 4.78 is 0. The summed E-state index contributed by atoms with van der Waals surface area (Å²) in [5, 5.41) is 8.70. The molecule has 0 atom stereocenters. The number of hydrogen-bond donors (Lipinski definition) is 2. The van der Waals surface area contributed by atoms with Gasteiger partial charge in [-0.2, -0.15) is 5.10 Å². The summed E-state index contributed by atoms with van der Waals surface area (Å²) >= 11 is 0. The SMILES string of the molecule is CN1C(=O)CCc2cc(CCNC(=O)c3ccc(=O)[nH]n3)ccc21. The zero-order valence-corrected chi connectivity index (χ0v) is 13.3. The van der Waals surface area contributed by atoms with Crippen molar-refractivity contribution < 1.29 is 9.59 Å². The van der Waals surface area contributed by atoms with Gasteiger partial charge in [0.1, 0.15) is 5.69 Å². The lowest BCUT2D eigenvalue weighted by atomic mass is 9.98. The summed E-state index contributed by atoms with van der Waals surface area (Å²) in [4.78, 5) is 36.2. The first-order valence-corrected chi connectivity index (χ1v) is 7.77. The van der Waals surface area contributed by atoms with Gasteiger partial charge >= 0.3 is 0 Å². The Kier molecular flexibility index (Phi) is 4.41. The number of benzene rings is 1. The summed E-state index contributed by atoms with van der Waals surface area (Å²) in [6.07, 6.45) is 1.96. The molecular weight excluding hydrogens is 308 g/mol. The second-order valence-electron chi connectivity index (χ2n) is 5.73. The number of aromatic amines is 1. The van der Waals surface area contributed by atoms with Crippen molar-refractivity contribution >= 4 is 17.5 Å². The quantitative estimate of drug-likeness (QED) is 0.862. The van der Waals surface area contributed by atoms with Crippen LogP contribution in [0.4, 0.5) is 5.69 Å². The summed E-state index contributed by atoms with van der Waals surface area (Å²) in [5.74, 6) is -0.189. The van der Waals surface area contributed by atoms with Crippen LogP contribution in [0, 0.1) is 0 Å². The van der Waals surface area contributed by atoms with E-state index in [1.807, 2.05) is 12.1 Å². The number of aryl methyl sites for hydroxylation is 1. The minimum Gasteiger partial charge on any atom is -0.350 e. The Morgan fingerprint density at radius 1 is 1.25 bits per heavy atom. The molecule has 0 radical (unpaired) electrons. The highest BCUT2D eigenvalue weighted by Crippen LogP contribution is 2.27. The van der Waals surface area contributed by atoms with Crippen molar-refractivity contribution in [2.45, 2.75) is 19.3 Å². The Morgan fingerprint density at radius 2 is 2.08 bits per heavy atom. The largest absolute Gasteiger partial charge is 0.350 e. The monoisotopic (exact) mass is 326 g/mol. The van der Waals surface area contributed by atoms with E-state index < -0.39 is 0 Å². The fourth-order valence-corrected chi connectivity index (χ4v) is 2.75. The molecule has 0 unspecified atom stereocenters. The number of amides is 2. The maximum atomic E-state index is 11.9. The van der Waals surface area contributed by atoms with Crippen molar-refractivity contribution in [1.82, 2.24) is 15.5 Å². The fourth-order valence-electron chi connectivity index (χ4n) is 2.75. The average molecular weight is 326 g/mol. The minimum atomic E-state index is -0.343. The van der Waals surface area contributed by atoms with Crippen LogP contribution in [-0.4, -0.2) is 35.6 Å². The lowest BCUT2D eigenvalue weighted by molar-refractivity contribution is -0.118. The zero-order valence-electron chi connectivity index (χ0n) is 13.3. The number of H-pyrrole nitrogens is 1. The molecule has 1 aromatic carbocycles. The summed E-state index contributed by atoms with van der Waals surface area (Å²) in [6, 6.07) is 8.66. The predicted molar refractivity (Wildman–Crippen MR) is 89.1 cm³/mol. The fraction of sp³-hybridized carbons (Fsp3) is 0.294. The molecule has 2 amide bonds. The molecule has 0 fully saturated rings. The van der Waals surface area contributed by atoms with Crippen LogP contribution in [0.25, 0.3) is 0 Å². The summed E-state index contributed by atoms with van der Waals surface area (Å²) in [5.41, 5.74) is 3.05. The van der Waals surface area contributed by atoms with Crippen molar-refractivity contribution in [2.75, 3.05) is 18.5 Å². The normalized spacial score (nSPS) is 13.5. The van der Waals surface area contributed by atoms with Gasteiger partial charge in [0.05, 0.1) is 0 Å². The van der Waals surface area contributed by atoms with Crippen LogP contribution in [0.5, 0.6) is 0 Å². The van der Waals surface area contributed by atoms with E-state index in [-0.39, 0.29) is 23.1 Å². The van der Waals surface area contributed by atoms with Crippen LogP contribution in [0.15, 0.2) is 35.1 Å². The van der Waals surface area contributed by atoms with E-state index in [1.54, 1.807) is 11.9 Å². The molecule has 0 bridgehead atoms. The number of anilines is 1. The molecule has 0 aliphatic carbocycles. The molecule has 0 spiro atoms. The first kappa shape index (κ1) is 15.9. The lowest BCUT2D eigenvalue weighted by Gasteiger charge is -2.26. The van der Waals surface area contributed by atoms with E-state index >= 15 is 0 Å². The number of rotatable bonds is 4. The molecule has 0 saturated heterocycles. The van der Waals surface area contributed by atoms with Crippen LogP contribution >= 0.6 is 0 Å². The second kappa shape index (κ2) is 6.66. The molecule has 124 valence electrons. The van der Waals surface area contributed by atoms with Gasteiger partial charge < -0.3 is 10.2 Å². The molecule has 1 aromatic heterocycles. The molecule has 24 heavy (non-hydrogen) atoms. The van der Waals surface area contributed by atoms with Crippen LogP contribution in [0.3, 0.4) is 0 Å². The van der Waals surface area contributed by atoms with E-state index in [2.05, 4.69) is 21.6 Å². The van der Waals surface area contributed by atoms with Crippen molar-refractivity contribution in [2.24, 2.45) is 0 Å². The third-order valence-electron chi connectivity index (χ3n) is 4.10. The van der Waals surface area contributed by atoms with Gasteiger partial charge in [0.2, 0.25) is 5.91 Å². The smallest absolute Gasteiger partial charge is 0.271 e. The van der Waals surface area contributed by atoms with Gasteiger partial charge in [0, 0.05) is 31.8 Å². The Morgan fingerprint density at radius 3 is 2.83 bits per heavy atom. The van der Waals surface area contributed by atoms with E-state index in [9.17, 15) is 14.4 Å². The number of nitrogens with zero attached hydrogens (tertiary/aromatic N) is 2. The van der Waals surface area contributed by atoms with E-state index in [1.165, 1.54) is 12.1 Å². The number of carbonyl (C=O) groups is 2. The van der Waals surface area contributed by atoms with Gasteiger partial charge in [-0.25, -0.2) is 5.10 Å². The summed E-state index contributed by atoms with van der Waals surface area (Å²) in [7, 11) is 1.79. The Balaban J connectivity index is 1.59. The molecule has 1 aliphatic rings. The summed E-state index contributed by atoms with van der Waals surface area (Å²) in [6.45, 7) is 0.465. The first-order chi connectivity index (χ1) is 11.5. The molecule has 7 nitrogen and oxygen atoms in total. The van der Waals surface area contributed by atoms with Crippen LogP contribution < -0.4 is 15.8 Å². The first-order valence-electron chi connectivity index (χ1n) is 7.77. The van der Waals surface area contributed by atoms with Gasteiger partial charge in [-0.3, -0.25) is 14.4 Å². The van der Waals surface area contributed by atoms with E-state index in [0.717, 1.165) is 23.2 Å². The maximum absolute atomic E-state index is 11.9. The second-order valence-corrected chi connectivity index (χ2v) is 5.73. The van der Waals surface area contributed by atoms with E-state index in [4.69, 9.17) is 0 Å². The third-order valence-corrected chi connectivity index (χ3v) is 4.10. The van der Waals surface area contributed by atoms with Crippen molar-refractivity contribution in [1.29, 1.82) is 0 Å². The number of hydrogen-bond acceptors (Lipinski definition) is 4. The predicted octanol–water partition coefficient (Wildman–Crippen LogP) is 0.651. The van der Waals surface area contributed by atoms with Gasteiger partial charge in [0.15, 0.2) is 0 Å². The number of carbonyl (C=O) groups excluding carboxylic acids is 2. The maximum Gasteiger partial charge on any atom is 0.271 e. The molecule has 1 aliphatic heterocycles. The molecule has 3 rings (SSSR count). The van der Waals surface area contributed by atoms with Crippen LogP contribution in [0.2, 0.25) is 0 Å². The lowest BCUT2D eigenvalue weighted by Crippen LogP contribution is -2.31. The van der Waals surface area contributed by atoms with Gasteiger partial charge in [-0.05, 0) is 36.1 Å². The molecule has 7 heteroatoms. The topological polar surface area (TPSA) is 95.2 Å². The van der Waals surface area contributed by atoms with Gasteiger partial charge in [0.25, 0.3) is 11.5 Å². The number of nitrogens with one attached hydrogen (secondary N) is 2. The molecule has 2 heterocycles. The van der Waals surface area contributed by atoms with Crippen molar-refractivity contribution in [3.05, 3.63) is 57.5 Å². The Bertz CT molecular complexity index is 823. The highest BCUT2D eigenvalue weighted by Gasteiger charge is 2.20. The number of fused-ring (bicyclic) bond motifs is 1. The molecule has 2 N–H and O–H groups in total. The van der Waals surface area contributed by atoms with Crippen molar-refractivity contribution in [3.8, 4) is 0 Å². The standard InChI is InChI=1S/C17H18N4O3/c1-21-14-5-2-11(10-12(14)3-7-16(21)23)8-9-18-17(24)13-4-6-15(22)20-19-13/h2,4-6,10H,3,7-9H2,1H3,(H,18,24)(H,20,22). The van der Waals surface area contributed by atoms with Gasteiger partial charge in [-0.1, -0.05) is 12.1 Å². The number of aromatic nitrogens is 2. The average Bonchev–Trinajstić information content (AvgIpc) is 2.59. The zero-order chi connectivity index (χ0) is 17.1. The van der Waals surface area contributed by atoms with Crippen molar-refractivity contribution in [3.63, 3.8) is 0 Å². The Labute approximate surface area is 138 Å². The third kappa shape index (κ3) is 3.34. The Hall–Kier alpha value is -2.96. The van der Waals surface area contributed by atoms with Crippen LogP contribution in [0.1, 0.15) is 28.0 Å². The highest BCUT2D eigenvalue weighted by atomic mass is 16.2. The highest BCUT2D eigenvalue weighted by molar-refractivity contribution is 5.95.